The molecule has 1 aliphatic rings. The van der Waals surface area contributed by atoms with Gasteiger partial charge in [-0.25, -0.2) is 14.4 Å². The van der Waals surface area contributed by atoms with Gasteiger partial charge in [-0.3, -0.25) is 0 Å². The Morgan fingerprint density at radius 3 is 2.67 bits per heavy atom. The van der Waals surface area contributed by atoms with Crippen LogP contribution >= 0.6 is 11.3 Å². The van der Waals surface area contributed by atoms with Gasteiger partial charge in [-0.1, -0.05) is 12.1 Å². The average Bonchev–Trinajstić information content (AvgIpc) is 3.28. The summed E-state index contributed by atoms with van der Waals surface area (Å²) < 4.78 is 13.6. The number of anilines is 2. The Labute approximate surface area is 176 Å². The minimum atomic E-state index is -1.05. The molecule has 4 atom stereocenters. The predicted molar refractivity (Wildman–Crippen MR) is 114 cm³/mol. The number of thiazole rings is 1. The van der Waals surface area contributed by atoms with E-state index < -0.39 is 30.8 Å². The number of aliphatic hydroxyl groups excluding tert-OH is 3. The minimum absolute atomic E-state index is 0.0801. The van der Waals surface area contributed by atoms with Gasteiger partial charge in [-0.05, 0) is 25.5 Å². The first-order chi connectivity index (χ1) is 14.5. The fourth-order valence-corrected chi connectivity index (χ4v) is 4.84. The van der Waals surface area contributed by atoms with Crippen molar-refractivity contribution in [2.45, 2.75) is 31.6 Å². The van der Waals surface area contributed by atoms with Crippen molar-refractivity contribution in [1.29, 1.82) is 0 Å². The van der Waals surface area contributed by atoms with E-state index in [1.54, 1.807) is 0 Å². The Morgan fingerprint density at radius 2 is 1.97 bits per heavy atom. The number of hydrogen-bond donors (Lipinski definition) is 5. The molecule has 160 valence electrons. The number of hydrogen-bond acceptors (Lipinski definition) is 9. The first kappa shape index (κ1) is 20.9. The van der Waals surface area contributed by atoms with Crippen molar-refractivity contribution in [3.8, 4) is 10.6 Å². The standard InChI is InChI=1S/C20H24FN5O3S/c1-10-15(19-25-12-4-2-3-5-14(12)30-19)18(26-20(23-10)22-7-6-21)24-13-8-11(9-27)16(28)17(13)29/h2-5,11,13,16-17,27-29H,6-9H2,1H3,(H2,22,23,24,26)/t11-,13-,16-,17+/m1/s1. The van der Waals surface area contributed by atoms with E-state index in [2.05, 4.69) is 20.6 Å². The Kier molecular flexibility index (Phi) is 6.09. The highest BCUT2D eigenvalue weighted by Crippen LogP contribution is 2.38. The lowest BCUT2D eigenvalue weighted by Crippen LogP contribution is -2.35. The fourth-order valence-electron chi connectivity index (χ4n) is 3.77. The lowest BCUT2D eigenvalue weighted by atomic mass is 10.1. The van der Waals surface area contributed by atoms with Crippen LogP contribution in [0.25, 0.3) is 20.8 Å². The number of aryl methyl sites for hydroxylation is 1. The molecule has 0 saturated heterocycles. The molecule has 2 aromatic heterocycles. The van der Waals surface area contributed by atoms with Crippen LogP contribution in [0, 0.1) is 12.8 Å². The number of nitrogens with zero attached hydrogens (tertiary/aromatic N) is 3. The van der Waals surface area contributed by atoms with Gasteiger partial charge in [0.2, 0.25) is 5.95 Å². The fraction of sp³-hybridized carbons (Fsp3) is 0.450. The van der Waals surface area contributed by atoms with Crippen LogP contribution in [-0.2, 0) is 0 Å². The van der Waals surface area contributed by atoms with Crippen molar-refractivity contribution in [2.24, 2.45) is 5.92 Å². The number of benzene rings is 1. The Hall–Kier alpha value is -2.40. The molecular weight excluding hydrogens is 409 g/mol. The molecule has 1 fully saturated rings. The number of aliphatic hydroxyl groups is 3. The predicted octanol–water partition coefficient (Wildman–Crippen LogP) is 1.96. The SMILES string of the molecule is Cc1nc(NCCF)nc(N[C@@H]2C[C@H](CO)[C@@H](O)[C@H]2O)c1-c1nc2ccccc2s1. The first-order valence-corrected chi connectivity index (χ1v) is 10.6. The Morgan fingerprint density at radius 1 is 1.17 bits per heavy atom. The summed E-state index contributed by atoms with van der Waals surface area (Å²) in [6.45, 7) is 1.13. The second-order valence-electron chi connectivity index (χ2n) is 7.37. The van der Waals surface area contributed by atoms with Gasteiger partial charge in [0.05, 0.1) is 33.6 Å². The summed E-state index contributed by atoms with van der Waals surface area (Å²) in [6, 6.07) is 7.28. The molecule has 1 saturated carbocycles. The third-order valence-corrected chi connectivity index (χ3v) is 6.39. The van der Waals surface area contributed by atoms with Crippen LogP contribution in [0.1, 0.15) is 12.1 Å². The molecule has 5 N–H and O–H groups in total. The van der Waals surface area contributed by atoms with Gasteiger partial charge in [-0.15, -0.1) is 11.3 Å². The molecule has 0 aliphatic heterocycles. The molecule has 2 heterocycles. The van der Waals surface area contributed by atoms with Gasteiger partial charge < -0.3 is 26.0 Å². The van der Waals surface area contributed by atoms with Crippen LogP contribution in [0.5, 0.6) is 0 Å². The molecule has 0 amide bonds. The molecule has 0 spiro atoms. The second-order valence-corrected chi connectivity index (χ2v) is 8.40. The minimum Gasteiger partial charge on any atom is -0.396 e. The summed E-state index contributed by atoms with van der Waals surface area (Å²) in [7, 11) is 0. The molecule has 0 bridgehead atoms. The summed E-state index contributed by atoms with van der Waals surface area (Å²) in [5, 5.41) is 36.8. The zero-order valence-electron chi connectivity index (χ0n) is 16.4. The molecule has 4 rings (SSSR count). The molecule has 0 radical (unpaired) electrons. The molecule has 1 aromatic carbocycles. The Bertz CT molecular complexity index is 1000. The second kappa shape index (κ2) is 8.76. The lowest BCUT2D eigenvalue weighted by molar-refractivity contribution is 0.00446. The number of halogens is 1. The van der Waals surface area contributed by atoms with Crippen molar-refractivity contribution < 1.29 is 19.7 Å². The van der Waals surface area contributed by atoms with Gasteiger partial charge in [0.1, 0.15) is 23.6 Å². The van der Waals surface area contributed by atoms with Gasteiger partial charge in [0.15, 0.2) is 0 Å². The highest BCUT2D eigenvalue weighted by Gasteiger charge is 2.41. The van der Waals surface area contributed by atoms with Crippen molar-refractivity contribution in [1.82, 2.24) is 15.0 Å². The van der Waals surface area contributed by atoms with Crippen molar-refractivity contribution >= 4 is 33.3 Å². The van der Waals surface area contributed by atoms with Crippen molar-refractivity contribution in [2.75, 3.05) is 30.5 Å². The van der Waals surface area contributed by atoms with Crippen LogP contribution in [0.2, 0.25) is 0 Å². The van der Waals surface area contributed by atoms with E-state index in [9.17, 15) is 19.7 Å². The number of fused-ring (bicyclic) bond motifs is 1. The van der Waals surface area contributed by atoms with Crippen LogP contribution in [0.15, 0.2) is 24.3 Å². The van der Waals surface area contributed by atoms with Crippen molar-refractivity contribution in [3.63, 3.8) is 0 Å². The molecule has 1 aliphatic carbocycles. The smallest absolute Gasteiger partial charge is 0.224 e. The third kappa shape index (κ3) is 3.95. The van der Waals surface area contributed by atoms with E-state index in [1.165, 1.54) is 11.3 Å². The summed E-state index contributed by atoms with van der Waals surface area (Å²) in [5.41, 5.74) is 2.20. The normalized spacial score (nSPS) is 23.8. The van der Waals surface area contributed by atoms with E-state index in [-0.39, 0.29) is 19.1 Å². The quantitative estimate of drug-likeness (QED) is 0.383. The Balaban J connectivity index is 1.75. The van der Waals surface area contributed by atoms with E-state index in [0.717, 1.165) is 15.2 Å². The van der Waals surface area contributed by atoms with Gasteiger partial charge in [0, 0.05) is 19.1 Å². The highest BCUT2D eigenvalue weighted by atomic mass is 32.1. The molecule has 8 nitrogen and oxygen atoms in total. The molecular formula is C20H24FN5O3S. The van der Waals surface area contributed by atoms with Crippen LogP contribution < -0.4 is 10.6 Å². The number of alkyl halides is 1. The topological polar surface area (TPSA) is 123 Å². The highest BCUT2D eigenvalue weighted by molar-refractivity contribution is 7.21. The number of nitrogens with one attached hydrogen (secondary N) is 2. The van der Waals surface area contributed by atoms with Gasteiger partial charge in [0.25, 0.3) is 0 Å². The van der Waals surface area contributed by atoms with Crippen LogP contribution in [0.3, 0.4) is 0 Å². The maximum absolute atomic E-state index is 12.6. The molecule has 30 heavy (non-hydrogen) atoms. The maximum Gasteiger partial charge on any atom is 0.224 e. The number of para-hydroxylation sites is 1. The zero-order valence-corrected chi connectivity index (χ0v) is 17.2. The maximum atomic E-state index is 12.6. The van der Waals surface area contributed by atoms with E-state index in [1.807, 2.05) is 31.2 Å². The summed E-state index contributed by atoms with van der Waals surface area (Å²) in [6.07, 6.45) is -1.69. The van der Waals surface area contributed by atoms with E-state index >= 15 is 0 Å². The first-order valence-electron chi connectivity index (χ1n) is 9.79. The summed E-state index contributed by atoms with van der Waals surface area (Å²) >= 11 is 1.50. The van der Waals surface area contributed by atoms with Crippen LogP contribution in [-0.4, -0.2) is 68.3 Å². The van der Waals surface area contributed by atoms with E-state index in [0.29, 0.717) is 23.5 Å². The van der Waals surface area contributed by atoms with Gasteiger partial charge in [-0.2, -0.15) is 4.98 Å². The van der Waals surface area contributed by atoms with Crippen LogP contribution in [0.4, 0.5) is 16.2 Å². The van der Waals surface area contributed by atoms with E-state index in [4.69, 9.17) is 4.98 Å². The zero-order chi connectivity index (χ0) is 21.3. The molecule has 10 heteroatoms. The number of rotatable bonds is 7. The molecule has 3 aromatic rings. The largest absolute Gasteiger partial charge is 0.396 e. The number of aromatic nitrogens is 3. The third-order valence-electron chi connectivity index (χ3n) is 5.33. The molecule has 0 unspecified atom stereocenters. The van der Waals surface area contributed by atoms with Crippen molar-refractivity contribution in [3.05, 3.63) is 30.0 Å². The average molecular weight is 434 g/mol. The van der Waals surface area contributed by atoms with Gasteiger partial charge >= 0.3 is 0 Å². The summed E-state index contributed by atoms with van der Waals surface area (Å²) in [5.74, 6) is 0.289. The monoisotopic (exact) mass is 433 g/mol. The summed E-state index contributed by atoms with van der Waals surface area (Å²) in [4.78, 5) is 13.6. The lowest BCUT2D eigenvalue weighted by Gasteiger charge is -2.21.